The third-order valence-electron chi connectivity index (χ3n) is 15.7. The first-order chi connectivity index (χ1) is 39.5. The first-order valence-corrected chi connectivity index (χ1v) is 35.3. The zero-order valence-electron chi connectivity index (χ0n) is 53.6. The Morgan fingerprint density at radius 2 is 0.487 bits per heavy atom. The van der Waals surface area contributed by atoms with Crippen LogP contribution >= 0.6 is 0 Å². The fourth-order valence-electron chi connectivity index (χ4n) is 10.5. The standard InChI is InChI=1S/C74H134O6/c1-4-7-10-13-16-19-22-25-28-31-32-33-34-35-36-37-38-39-40-41-42-44-46-49-52-55-58-61-64-67-73(76)79-70-71(69-78-72(75)66-63-60-57-54-51-48-45-30-27-24-21-18-15-12-9-6-3)80-74(77)68-65-62-59-56-53-50-47-43-29-26-23-20-17-14-11-8-5-2/h8,11,17,20,26,29-32,45,71H,4-7,9-10,12-16,18-19,21-25,27-28,33-44,46-70H2,1-3H3/b11-8-,20-17-,29-26-,32-31-,45-30-. The topological polar surface area (TPSA) is 78.9 Å². The van der Waals surface area contributed by atoms with Gasteiger partial charge in [0.2, 0.25) is 0 Å². The molecule has 0 aromatic carbocycles. The Morgan fingerprint density at radius 3 is 0.775 bits per heavy atom. The van der Waals surface area contributed by atoms with Crippen molar-refractivity contribution in [1.29, 1.82) is 0 Å². The van der Waals surface area contributed by atoms with Crippen LogP contribution in [0.4, 0.5) is 0 Å². The summed E-state index contributed by atoms with van der Waals surface area (Å²) in [5.41, 5.74) is 0. The van der Waals surface area contributed by atoms with Gasteiger partial charge in [0.1, 0.15) is 13.2 Å². The zero-order chi connectivity index (χ0) is 57.8. The SMILES string of the molecule is CC/C=C\C/C=C\C/C=C\CCCCCCCCCC(=O)OC(COC(=O)CCCCCCC/C=C\CCCCCCCCC)COC(=O)CCCCCCCCCCCCCCCCCCC/C=C\CCCCCCCCCC. The van der Waals surface area contributed by atoms with Crippen LogP contribution in [0.5, 0.6) is 0 Å². The number of carbonyl (C=O) groups excluding carboxylic acids is 3. The monoisotopic (exact) mass is 1120 g/mol. The quantitative estimate of drug-likeness (QED) is 0.0261. The number of unbranched alkanes of at least 4 members (excludes halogenated alkanes) is 44. The molecule has 0 saturated heterocycles. The summed E-state index contributed by atoms with van der Waals surface area (Å²) in [5.74, 6) is -0.874. The summed E-state index contributed by atoms with van der Waals surface area (Å²) in [7, 11) is 0. The highest BCUT2D eigenvalue weighted by Crippen LogP contribution is 2.18. The minimum atomic E-state index is -0.783. The number of allylic oxidation sites excluding steroid dienone is 10. The second-order valence-electron chi connectivity index (χ2n) is 23.8. The van der Waals surface area contributed by atoms with Gasteiger partial charge in [-0.05, 0) is 103 Å². The summed E-state index contributed by atoms with van der Waals surface area (Å²) in [4.78, 5) is 38.4. The maximum absolute atomic E-state index is 12.9. The van der Waals surface area contributed by atoms with Crippen molar-refractivity contribution in [3.8, 4) is 0 Å². The highest BCUT2D eigenvalue weighted by molar-refractivity contribution is 5.71. The van der Waals surface area contributed by atoms with Gasteiger partial charge in [-0.2, -0.15) is 0 Å². The van der Waals surface area contributed by atoms with Gasteiger partial charge in [0, 0.05) is 19.3 Å². The van der Waals surface area contributed by atoms with Crippen LogP contribution < -0.4 is 0 Å². The van der Waals surface area contributed by atoms with Crippen molar-refractivity contribution in [1.82, 2.24) is 0 Å². The van der Waals surface area contributed by atoms with E-state index < -0.39 is 6.10 Å². The molecule has 0 bridgehead atoms. The molecule has 0 aliphatic rings. The second-order valence-corrected chi connectivity index (χ2v) is 23.8. The van der Waals surface area contributed by atoms with E-state index in [2.05, 4.69) is 81.5 Å². The Kier molecular flexibility index (Phi) is 66.1. The van der Waals surface area contributed by atoms with Gasteiger partial charge in [-0.3, -0.25) is 14.4 Å². The van der Waals surface area contributed by atoms with Crippen LogP contribution in [0, 0.1) is 0 Å². The van der Waals surface area contributed by atoms with E-state index in [9.17, 15) is 14.4 Å². The van der Waals surface area contributed by atoms with Crippen LogP contribution in [0.15, 0.2) is 60.8 Å². The van der Waals surface area contributed by atoms with Crippen LogP contribution in [0.2, 0.25) is 0 Å². The molecule has 6 heteroatoms. The smallest absolute Gasteiger partial charge is 0.306 e. The molecule has 466 valence electrons. The molecular formula is C74H134O6. The first-order valence-electron chi connectivity index (χ1n) is 35.3. The molecule has 1 unspecified atom stereocenters. The highest BCUT2D eigenvalue weighted by Gasteiger charge is 2.19. The van der Waals surface area contributed by atoms with E-state index in [1.54, 1.807) is 0 Å². The molecule has 0 fully saturated rings. The zero-order valence-corrected chi connectivity index (χ0v) is 53.6. The Bertz CT molecular complexity index is 1430. The fourth-order valence-corrected chi connectivity index (χ4v) is 10.5. The van der Waals surface area contributed by atoms with E-state index in [1.807, 2.05) is 0 Å². The van der Waals surface area contributed by atoms with E-state index in [0.29, 0.717) is 19.3 Å². The van der Waals surface area contributed by atoms with Crippen LogP contribution in [-0.4, -0.2) is 37.2 Å². The van der Waals surface area contributed by atoms with E-state index in [1.165, 1.54) is 244 Å². The van der Waals surface area contributed by atoms with Crippen LogP contribution in [0.3, 0.4) is 0 Å². The van der Waals surface area contributed by atoms with Crippen molar-refractivity contribution in [3.05, 3.63) is 60.8 Å². The molecule has 6 nitrogen and oxygen atoms in total. The molecule has 0 aliphatic carbocycles. The average molecular weight is 1120 g/mol. The molecule has 80 heavy (non-hydrogen) atoms. The maximum atomic E-state index is 12.9. The largest absolute Gasteiger partial charge is 0.462 e. The van der Waals surface area contributed by atoms with Crippen LogP contribution in [-0.2, 0) is 28.6 Å². The van der Waals surface area contributed by atoms with Crippen molar-refractivity contribution in [3.63, 3.8) is 0 Å². The van der Waals surface area contributed by atoms with E-state index in [4.69, 9.17) is 14.2 Å². The summed E-state index contributed by atoms with van der Waals surface area (Å²) in [5, 5.41) is 0. The van der Waals surface area contributed by atoms with Gasteiger partial charge < -0.3 is 14.2 Å². The van der Waals surface area contributed by atoms with Crippen LogP contribution in [0.1, 0.15) is 374 Å². The number of ether oxygens (including phenoxy) is 3. The van der Waals surface area contributed by atoms with E-state index >= 15 is 0 Å². The molecule has 0 aliphatic heterocycles. The Hall–Kier alpha value is -2.89. The minimum Gasteiger partial charge on any atom is -0.462 e. The number of hydrogen-bond donors (Lipinski definition) is 0. The summed E-state index contributed by atoms with van der Waals surface area (Å²) in [6, 6.07) is 0. The number of rotatable bonds is 65. The molecule has 0 spiro atoms. The van der Waals surface area contributed by atoms with Gasteiger partial charge in [-0.25, -0.2) is 0 Å². The molecule has 0 N–H and O–H groups in total. The Labute approximate surface area is 498 Å². The lowest BCUT2D eigenvalue weighted by atomic mass is 10.0. The summed E-state index contributed by atoms with van der Waals surface area (Å²) >= 11 is 0. The molecular weight excluding hydrogens is 985 g/mol. The number of carbonyl (C=O) groups is 3. The number of esters is 3. The van der Waals surface area contributed by atoms with Gasteiger partial charge in [0.05, 0.1) is 0 Å². The molecule has 0 saturated carbocycles. The molecule has 0 heterocycles. The molecule has 0 amide bonds. The fraction of sp³-hybridized carbons (Fsp3) is 0.824. The molecule has 0 rings (SSSR count). The van der Waals surface area contributed by atoms with Gasteiger partial charge in [0.25, 0.3) is 0 Å². The lowest BCUT2D eigenvalue weighted by Gasteiger charge is -2.18. The van der Waals surface area contributed by atoms with Gasteiger partial charge in [-0.1, -0.05) is 313 Å². The van der Waals surface area contributed by atoms with Gasteiger partial charge in [0.15, 0.2) is 6.10 Å². The number of hydrogen-bond acceptors (Lipinski definition) is 6. The van der Waals surface area contributed by atoms with Gasteiger partial charge in [-0.15, -0.1) is 0 Å². The van der Waals surface area contributed by atoms with E-state index in [0.717, 1.165) is 89.9 Å². The van der Waals surface area contributed by atoms with Gasteiger partial charge >= 0.3 is 17.9 Å². The molecule has 1 atom stereocenters. The van der Waals surface area contributed by atoms with E-state index in [-0.39, 0.29) is 31.1 Å². The maximum Gasteiger partial charge on any atom is 0.306 e. The van der Waals surface area contributed by atoms with Crippen molar-refractivity contribution in [2.45, 2.75) is 380 Å². The summed E-state index contributed by atoms with van der Waals surface area (Å²) in [6.07, 6.45) is 88.3. The molecule has 0 aromatic rings. The normalized spacial score (nSPS) is 12.4. The Balaban J connectivity index is 4.23. The van der Waals surface area contributed by atoms with Crippen LogP contribution in [0.25, 0.3) is 0 Å². The van der Waals surface area contributed by atoms with Crippen molar-refractivity contribution >= 4 is 17.9 Å². The third kappa shape index (κ3) is 65.9. The highest BCUT2D eigenvalue weighted by atomic mass is 16.6. The van der Waals surface area contributed by atoms with Crippen molar-refractivity contribution < 1.29 is 28.6 Å². The molecule has 0 radical (unpaired) electrons. The Morgan fingerprint density at radius 1 is 0.263 bits per heavy atom. The van der Waals surface area contributed by atoms with Crippen molar-refractivity contribution in [2.75, 3.05) is 13.2 Å². The first kappa shape index (κ1) is 77.1. The van der Waals surface area contributed by atoms with Crippen molar-refractivity contribution in [2.24, 2.45) is 0 Å². The second kappa shape index (κ2) is 68.6. The average Bonchev–Trinajstić information content (AvgIpc) is 3.46. The lowest BCUT2D eigenvalue weighted by Crippen LogP contribution is -2.30. The predicted octanol–water partition coefficient (Wildman–Crippen LogP) is 24.3. The third-order valence-corrected chi connectivity index (χ3v) is 15.7. The summed E-state index contributed by atoms with van der Waals surface area (Å²) < 4.78 is 17.0. The predicted molar refractivity (Wildman–Crippen MR) is 348 cm³/mol. The lowest BCUT2D eigenvalue weighted by molar-refractivity contribution is -0.167. The summed E-state index contributed by atoms with van der Waals surface area (Å²) in [6.45, 7) is 6.57. The molecule has 0 aromatic heterocycles. The minimum absolute atomic E-state index is 0.0778.